The lowest BCUT2D eigenvalue weighted by atomic mass is 10.2. The first kappa shape index (κ1) is 17.8. The molecule has 0 atom stereocenters. The second-order valence-electron chi connectivity index (χ2n) is 5.20. The molecule has 4 nitrogen and oxygen atoms in total. The highest BCUT2D eigenvalue weighted by molar-refractivity contribution is 7.92. The number of halogens is 2. The minimum atomic E-state index is -3.45. The summed E-state index contributed by atoms with van der Waals surface area (Å²) < 4.78 is 24.4. The largest absolute Gasteiger partial charge is 0.321 e. The molecule has 0 aliphatic rings. The van der Waals surface area contributed by atoms with Crippen molar-refractivity contribution in [3.05, 3.63) is 58.1 Å². The van der Waals surface area contributed by atoms with Crippen molar-refractivity contribution in [1.29, 1.82) is 0 Å². The SMILES string of the molecule is CC(C)S(=O)(=O)c1cccc(C(=O)Nc2cc(Cl)ccc2Cl)c1. The van der Waals surface area contributed by atoms with Gasteiger partial charge in [0.1, 0.15) is 0 Å². The Kier molecular flexibility index (Phi) is 5.34. The van der Waals surface area contributed by atoms with Gasteiger partial charge in [-0.15, -0.1) is 0 Å². The van der Waals surface area contributed by atoms with Crippen molar-refractivity contribution in [2.24, 2.45) is 0 Å². The summed E-state index contributed by atoms with van der Waals surface area (Å²) in [6.07, 6.45) is 0. The van der Waals surface area contributed by atoms with Crippen LogP contribution in [0.3, 0.4) is 0 Å². The number of hydrogen-bond donors (Lipinski definition) is 1. The van der Waals surface area contributed by atoms with E-state index in [1.165, 1.54) is 30.3 Å². The Morgan fingerprint density at radius 1 is 1.09 bits per heavy atom. The van der Waals surface area contributed by atoms with Gasteiger partial charge in [-0.3, -0.25) is 4.79 Å². The van der Waals surface area contributed by atoms with Gasteiger partial charge in [-0.1, -0.05) is 29.3 Å². The number of benzene rings is 2. The van der Waals surface area contributed by atoms with E-state index in [2.05, 4.69) is 5.32 Å². The average Bonchev–Trinajstić information content (AvgIpc) is 2.50. The Balaban J connectivity index is 2.32. The van der Waals surface area contributed by atoms with Gasteiger partial charge in [-0.2, -0.15) is 0 Å². The number of rotatable bonds is 4. The quantitative estimate of drug-likeness (QED) is 0.864. The van der Waals surface area contributed by atoms with Crippen LogP contribution in [0.5, 0.6) is 0 Å². The molecule has 23 heavy (non-hydrogen) atoms. The predicted octanol–water partition coefficient (Wildman–Crippen LogP) is 4.43. The maximum absolute atomic E-state index is 12.3. The highest BCUT2D eigenvalue weighted by atomic mass is 35.5. The molecule has 0 aliphatic heterocycles. The fraction of sp³-hybridized carbons (Fsp3) is 0.188. The second-order valence-corrected chi connectivity index (χ2v) is 8.55. The molecule has 0 aliphatic carbocycles. The van der Waals surface area contributed by atoms with Crippen molar-refractivity contribution in [1.82, 2.24) is 0 Å². The standard InChI is InChI=1S/C16H15Cl2NO3S/c1-10(2)23(21,22)13-5-3-4-11(8-13)16(20)19-15-9-12(17)6-7-14(15)18/h3-10H,1-2H3,(H,19,20). The monoisotopic (exact) mass is 371 g/mol. The maximum atomic E-state index is 12.3. The van der Waals surface area contributed by atoms with Crippen LogP contribution in [-0.4, -0.2) is 19.6 Å². The molecule has 0 unspecified atom stereocenters. The summed E-state index contributed by atoms with van der Waals surface area (Å²) in [7, 11) is -3.45. The van der Waals surface area contributed by atoms with E-state index in [0.717, 1.165) is 0 Å². The molecule has 2 rings (SSSR count). The molecule has 7 heteroatoms. The van der Waals surface area contributed by atoms with Crippen molar-refractivity contribution in [2.45, 2.75) is 24.0 Å². The first-order chi connectivity index (χ1) is 10.7. The Morgan fingerprint density at radius 2 is 1.78 bits per heavy atom. The Morgan fingerprint density at radius 3 is 2.43 bits per heavy atom. The molecule has 0 radical (unpaired) electrons. The number of amides is 1. The summed E-state index contributed by atoms with van der Waals surface area (Å²) in [4.78, 5) is 12.4. The lowest BCUT2D eigenvalue weighted by Crippen LogP contribution is -2.16. The third-order valence-electron chi connectivity index (χ3n) is 3.22. The zero-order chi connectivity index (χ0) is 17.2. The third kappa shape index (κ3) is 4.05. The smallest absolute Gasteiger partial charge is 0.255 e. The molecule has 0 spiro atoms. The molecule has 2 aromatic carbocycles. The van der Waals surface area contributed by atoms with E-state index in [1.807, 2.05) is 0 Å². The van der Waals surface area contributed by atoms with E-state index >= 15 is 0 Å². The van der Waals surface area contributed by atoms with Crippen LogP contribution < -0.4 is 5.32 Å². The van der Waals surface area contributed by atoms with Crippen LogP contribution >= 0.6 is 23.2 Å². The number of hydrogen-bond acceptors (Lipinski definition) is 3. The van der Waals surface area contributed by atoms with Gasteiger partial charge in [0.25, 0.3) is 5.91 Å². The van der Waals surface area contributed by atoms with Gasteiger partial charge in [0.2, 0.25) is 0 Å². The third-order valence-corrected chi connectivity index (χ3v) is 5.94. The summed E-state index contributed by atoms with van der Waals surface area (Å²) in [6.45, 7) is 3.18. The summed E-state index contributed by atoms with van der Waals surface area (Å²) >= 11 is 11.9. The molecule has 0 heterocycles. The summed E-state index contributed by atoms with van der Waals surface area (Å²) in [5.74, 6) is -0.463. The van der Waals surface area contributed by atoms with Crippen molar-refractivity contribution >= 4 is 44.6 Å². The minimum absolute atomic E-state index is 0.109. The van der Waals surface area contributed by atoms with Crippen LogP contribution in [0.1, 0.15) is 24.2 Å². The van der Waals surface area contributed by atoms with Gasteiger partial charge in [0.15, 0.2) is 9.84 Å². The van der Waals surface area contributed by atoms with E-state index in [1.54, 1.807) is 26.0 Å². The number of carbonyl (C=O) groups is 1. The fourth-order valence-electron chi connectivity index (χ4n) is 1.87. The molecule has 0 aromatic heterocycles. The number of nitrogens with one attached hydrogen (secondary N) is 1. The lowest BCUT2D eigenvalue weighted by molar-refractivity contribution is 0.102. The molecule has 0 saturated heterocycles. The molecular weight excluding hydrogens is 357 g/mol. The van der Waals surface area contributed by atoms with Crippen LogP contribution in [0.25, 0.3) is 0 Å². The molecule has 0 saturated carbocycles. The van der Waals surface area contributed by atoms with Gasteiger partial charge < -0.3 is 5.32 Å². The van der Waals surface area contributed by atoms with Crippen molar-refractivity contribution in [3.63, 3.8) is 0 Å². The minimum Gasteiger partial charge on any atom is -0.321 e. The highest BCUT2D eigenvalue weighted by Gasteiger charge is 2.20. The molecule has 122 valence electrons. The number of carbonyl (C=O) groups excluding carboxylic acids is 1. The van der Waals surface area contributed by atoms with E-state index in [9.17, 15) is 13.2 Å². The van der Waals surface area contributed by atoms with E-state index < -0.39 is 21.0 Å². The van der Waals surface area contributed by atoms with Gasteiger partial charge >= 0.3 is 0 Å². The van der Waals surface area contributed by atoms with Crippen LogP contribution in [0.15, 0.2) is 47.4 Å². The van der Waals surface area contributed by atoms with Crippen LogP contribution in [0.4, 0.5) is 5.69 Å². The number of anilines is 1. The molecule has 1 amide bonds. The van der Waals surface area contributed by atoms with Gasteiger partial charge in [0, 0.05) is 10.6 Å². The normalized spacial score (nSPS) is 11.5. The van der Waals surface area contributed by atoms with Crippen molar-refractivity contribution < 1.29 is 13.2 Å². The lowest BCUT2D eigenvalue weighted by Gasteiger charge is -2.11. The van der Waals surface area contributed by atoms with Crippen LogP contribution in [0.2, 0.25) is 10.0 Å². The summed E-state index contributed by atoms with van der Waals surface area (Å²) in [5, 5.41) is 2.83. The Hall–Kier alpha value is -1.56. The van der Waals surface area contributed by atoms with Crippen molar-refractivity contribution in [3.8, 4) is 0 Å². The van der Waals surface area contributed by atoms with Crippen LogP contribution in [-0.2, 0) is 9.84 Å². The van der Waals surface area contributed by atoms with E-state index in [-0.39, 0.29) is 10.5 Å². The fourth-order valence-corrected chi connectivity index (χ4v) is 3.31. The van der Waals surface area contributed by atoms with E-state index in [4.69, 9.17) is 23.2 Å². The topological polar surface area (TPSA) is 63.2 Å². The first-order valence-electron chi connectivity index (χ1n) is 6.82. The Labute approximate surface area is 145 Å². The van der Waals surface area contributed by atoms with Crippen LogP contribution in [0, 0.1) is 0 Å². The Bertz CT molecular complexity index is 848. The molecule has 0 fully saturated rings. The maximum Gasteiger partial charge on any atom is 0.255 e. The zero-order valence-electron chi connectivity index (χ0n) is 12.5. The van der Waals surface area contributed by atoms with Gasteiger partial charge in [0.05, 0.1) is 20.9 Å². The van der Waals surface area contributed by atoms with Crippen molar-refractivity contribution in [2.75, 3.05) is 5.32 Å². The number of sulfone groups is 1. The average molecular weight is 372 g/mol. The molecule has 2 aromatic rings. The molecule has 1 N–H and O–H groups in total. The highest BCUT2D eigenvalue weighted by Crippen LogP contribution is 2.26. The van der Waals surface area contributed by atoms with E-state index in [0.29, 0.717) is 15.7 Å². The summed E-state index contributed by atoms with van der Waals surface area (Å²) in [6, 6.07) is 10.6. The zero-order valence-corrected chi connectivity index (χ0v) is 14.8. The summed E-state index contributed by atoms with van der Waals surface area (Å²) in [5.41, 5.74) is 0.587. The predicted molar refractivity (Wildman–Crippen MR) is 93.2 cm³/mol. The molecular formula is C16H15Cl2NO3S. The van der Waals surface area contributed by atoms with Gasteiger partial charge in [-0.05, 0) is 50.2 Å². The molecule has 0 bridgehead atoms. The first-order valence-corrected chi connectivity index (χ1v) is 9.12. The van der Waals surface area contributed by atoms with Gasteiger partial charge in [-0.25, -0.2) is 8.42 Å². The second kappa shape index (κ2) is 6.91.